The SMILES string of the molecule is CNC(=S)N/N=C/C=C/c1ccccc1. The molecule has 0 saturated heterocycles. The lowest BCUT2D eigenvalue weighted by molar-refractivity contribution is 0.983. The molecular formula is C11H13N3S. The van der Waals surface area contributed by atoms with Crippen LogP contribution in [0.25, 0.3) is 6.08 Å². The smallest absolute Gasteiger partial charge is 0.186 e. The highest BCUT2D eigenvalue weighted by molar-refractivity contribution is 7.80. The van der Waals surface area contributed by atoms with Crippen LogP contribution in [-0.2, 0) is 0 Å². The number of nitrogens with one attached hydrogen (secondary N) is 2. The fourth-order valence-electron chi connectivity index (χ4n) is 0.913. The second-order valence-corrected chi connectivity index (χ2v) is 3.15. The van der Waals surface area contributed by atoms with E-state index in [1.807, 2.05) is 42.5 Å². The van der Waals surface area contributed by atoms with Crippen LogP contribution in [0.1, 0.15) is 5.56 Å². The summed E-state index contributed by atoms with van der Waals surface area (Å²) in [7, 11) is 1.74. The van der Waals surface area contributed by atoms with Gasteiger partial charge in [0.05, 0.1) is 0 Å². The van der Waals surface area contributed by atoms with E-state index in [2.05, 4.69) is 15.8 Å². The molecule has 1 rings (SSSR count). The molecule has 0 aliphatic heterocycles. The predicted molar refractivity (Wildman–Crippen MR) is 68.8 cm³/mol. The molecule has 78 valence electrons. The van der Waals surface area contributed by atoms with Gasteiger partial charge in [-0.2, -0.15) is 5.10 Å². The molecule has 1 aromatic rings. The Kier molecular flexibility index (Phi) is 5.11. The monoisotopic (exact) mass is 219 g/mol. The van der Waals surface area contributed by atoms with Crippen LogP contribution in [0, 0.1) is 0 Å². The van der Waals surface area contributed by atoms with Crippen molar-refractivity contribution in [3.05, 3.63) is 42.0 Å². The van der Waals surface area contributed by atoms with Crippen molar-refractivity contribution in [1.82, 2.24) is 10.7 Å². The molecule has 0 fully saturated rings. The third kappa shape index (κ3) is 4.93. The Labute approximate surface area is 94.9 Å². The molecular weight excluding hydrogens is 206 g/mol. The van der Waals surface area contributed by atoms with Crippen molar-refractivity contribution in [1.29, 1.82) is 0 Å². The zero-order valence-corrected chi connectivity index (χ0v) is 9.29. The molecule has 0 amide bonds. The van der Waals surface area contributed by atoms with E-state index in [-0.39, 0.29) is 0 Å². The summed E-state index contributed by atoms with van der Waals surface area (Å²) in [5, 5.41) is 7.15. The molecule has 0 heterocycles. The lowest BCUT2D eigenvalue weighted by atomic mass is 10.2. The summed E-state index contributed by atoms with van der Waals surface area (Å²) in [6.45, 7) is 0. The fraction of sp³-hybridized carbons (Fsp3) is 0.0909. The largest absolute Gasteiger partial charge is 0.364 e. The minimum Gasteiger partial charge on any atom is -0.364 e. The maximum Gasteiger partial charge on any atom is 0.186 e. The summed E-state index contributed by atoms with van der Waals surface area (Å²) in [6.07, 6.45) is 5.46. The highest BCUT2D eigenvalue weighted by atomic mass is 32.1. The van der Waals surface area contributed by atoms with Crippen LogP contribution >= 0.6 is 12.2 Å². The number of hydrogen-bond acceptors (Lipinski definition) is 2. The molecule has 0 atom stereocenters. The number of nitrogens with zero attached hydrogens (tertiary/aromatic N) is 1. The molecule has 0 saturated carbocycles. The molecule has 15 heavy (non-hydrogen) atoms. The first kappa shape index (κ1) is 11.4. The van der Waals surface area contributed by atoms with Crippen LogP contribution in [0.5, 0.6) is 0 Å². The number of thiocarbonyl (C=S) groups is 1. The van der Waals surface area contributed by atoms with Gasteiger partial charge in [0.1, 0.15) is 0 Å². The van der Waals surface area contributed by atoms with Gasteiger partial charge in [0.2, 0.25) is 0 Å². The Bertz CT molecular complexity index is 357. The number of allylic oxidation sites excluding steroid dienone is 1. The summed E-state index contributed by atoms with van der Waals surface area (Å²) < 4.78 is 0. The summed E-state index contributed by atoms with van der Waals surface area (Å²) in [4.78, 5) is 0. The summed E-state index contributed by atoms with van der Waals surface area (Å²) in [6, 6.07) is 10.0. The first-order valence-electron chi connectivity index (χ1n) is 4.55. The first-order valence-corrected chi connectivity index (χ1v) is 4.96. The van der Waals surface area contributed by atoms with Crippen LogP contribution in [0.3, 0.4) is 0 Å². The van der Waals surface area contributed by atoms with E-state index in [1.54, 1.807) is 13.3 Å². The average Bonchev–Trinajstić information content (AvgIpc) is 2.29. The molecule has 0 radical (unpaired) electrons. The van der Waals surface area contributed by atoms with Gasteiger partial charge in [0.15, 0.2) is 5.11 Å². The van der Waals surface area contributed by atoms with Crippen molar-refractivity contribution in [2.24, 2.45) is 5.10 Å². The third-order valence-corrected chi connectivity index (χ3v) is 1.94. The Morgan fingerprint density at radius 1 is 1.33 bits per heavy atom. The quantitative estimate of drug-likeness (QED) is 0.462. The van der Waals surface area contributed by atoms with Crippen LogP contribution < -0.4 is 10.7 Å². The fourth-order valence-corrected chi connectivity index (χ4v) is 0.966. The molecule has 3 nitrogen and oxygen atoms in total. The van der Waals surface area contributed by atoms with Crippen molar-refractivity contribution in [3.8, 4) is 0 Å². The lowest BCUT2D eigenvalue weighted by Gasteiger charge is -1.97. The van der Waals surface area contributed by atoms with E-state index in [4.69, 9.17) is 12.2 Å². The summed E-state index contributed by atoms with van der Waals surface area (Å²) >= 11 is 4.84. The average molecular weight is 219 g/mol. The molecule has 0 spiro atoms. The van der Waals surface area contributed by atoms with Crippen molar-refractivity contribution in [3.63, 3.8) is 0 Å². The lowest BCUT2D eigenvalue weighted by Crippen LogP contribution is -2.28. The number of benzene rings is 1. The maximum atomic E-state index is 4.84. The minimum absolute atomic E-state index is 0.499. The van der Waals surface area contributed by atoms with Gasteiger partial charge in [-0.15, -0.1) is 0 Å². The third-order valence-electron chi connectivity index (χ3n) is 1.64. The topological polar surface area (TPSA) is 36.4 Å². The minimum atomic E-state index is 0.499. The normalized spacial score (nSPS) is 10.7. The standard InChI is InChI=1S/C11H13N3S/c1-12-11(15)14-13-9-5-8-10-6-3-2-4-7-10/h2-9H,1H3,(H2,12,14,15)/b8-5+,13-9+. The van der Waals surface area contributed by atoms with Gasteiger partial charge in [0.25, 0.3) is 0 Å². The van der Waals surface area contributed by atoms with Crippen molar-refractivity contribution >= 4 is 29.6 Å². The molecule has 0 aromatic heterocycles. The molecule has 4 heteroatoms. The van der Waals surface area contributed by atoms with E-state index >= 15 is 0 Å². The highest BCUT2D eigenvalue weighted by Crippen LogP contribution is 1.99. The summed E-state index contributed by atoms with van der Waals surface area (Å²) in [5.41, 5.74) is 3.80. The van der Waals surface area contributed by atoms with E-state index in [0.717, 1.165) is 5.56 Å². The molecule has 0 bridgehead atoms. The summed E-state index contributed by atoms with van der Waals surface area (Å²) in [5.74, 6) is 0. The van der Waals surface area contributed by atoms with E-state index < -0.39 is 0 Å². The Hall–Kier alpha value is -1.68. The van der Waals surface area contributed by atoms with Crippen LogP contribution in [0.15, 0.2) is 41.5 Å². The van der Waals surface area contributed by atoms with Gasteiger partial charge >= 0.3 is 0 Å². The Balaban J connectivity index is 2.37. The van der Waals surface area contributed by atoms with Gasteiger partial charge < -0.3 is 5.32 Å². The van der Waals surface area contributed by atoms with Gasteiger partial charge in [-0.05, 0) is 23.9 Å². The highest BCUT2D eigenvalue weighted by Gasteiger charge is 1.82. The Morgan fingerprint density at radius 3 is 2.73 bits per heavy atom. The van der Waals surface area contributed by atoms with Crippen molar-refractivity contribution in [2.75, 3.05) is 7.05 Å². The number of rotatable bonds is 3. The molecule has 0 aliphatic carbocycles. The Morgan fingerprint density at radius 2 is 2.07 bits per heavy atom. The van der Waals surface area contributed by atoms with Gasteiger partial charge in [-0.1, -0.05) is 36.4 Å². The molecule has 0 aliphatic rings. The predicted octanol–water partition coefficient (Wildman–Crippen LogP) is 1.78. The molecule has 1 aromatic carbocycles. The first-order chi connectivity index (χ1) is 7.33. The maximum absolute atomic E-state index is 4.84. The van der Waals surface area contributed by atoms with Crippen molar-refractivity contribution in [2.45, 2.75) is 0 Å². The number of hydrogen-bond donors (Lipinski definition) is 2. The van der Waals surface area contributed by atoms with Crippen LogP contribution in [0.4, 0.5) is 0 Å². The van der Waals surface area contributed by atoms with E-state index in [0.29, 0.717) is 5.11 Å². The van der Waals surface area contributed by atoms with Gasteiger partial charge in [-0.25, -0.2) is 0 Å². The second-order valence-electron chi connectivity index (χ2n) is 2.74. The van der Waals surface area contributed by atoms with E-state index in [1.165, 1.54) is 0 Å². The van der Waals surface area contributed by atoms with Crippen molar-refractivity contribution < 1.29 is 0 Å². The number of hydrazone groups is 1. The van der Waals surface area contributed by atoms with Crippen LogP contribution in [-0.4, -0.2) is 18.4 Å². The van der Waals surface area contributed by atoms with Gasteiger partial charge in [-0.3, -0.25) is 5.43 Å². The zero-order valence-electron chi connectivity index (χ0n) is 8.47. The molecule has 0 unspecified atom stereocenters. The zero-order chi connectivity index (χ0) is 10.9. The molecule has 2 N–H and O–H groups in total. The van der Waals surface area contributed by atoms with Crippen LogP contribution in [0.2, 0.25) is 0 Å². The van der Waals surface area contributed by atoms with Gasteiger partial charge in [0, 0.05) is 13.3 Å². The second kappa shape index (κ2) is 6.73. The van der Waals surface area contributed by atoms with E-state index in [9.17, 15) is 0 Å².